The van der Waals surface area contributed by atoms with Gasteiger partial charge in [-0.1, -0.05) is 18.9 Å². The van der Waals surface area contributed by atoms with E-state index in [1.165, 1.54) is 49.5 Å². The number of hydrogen-bond acceptors (Lipinski definition) is 4. The Labute approximate surface area is 145 Å². The van der Waals surface area contributed by atoms with Gasteiger partial charge in [0.05, 0.1) is 6.61 Å². The largest absolute Gasteiger partial charge is 0.478 e. The van der Waals surface area contributed by atoms with Crippen LogP contribution in [0.1, 0.15) is 31.2 Å². The highest BCUT2D eigenvalue weighted by atomic mass is 35.5. The van der Waals surface area contributed by atoms with E-state index in [0.717, 1.165) is 18.9 Å². The molecule has 0 spiro atoms. The van der Waals surface area contributed by atoms with Crippen molar-refractivity contribution >= 4 is 36.6 Å². The monoisotopic (exact) mass is 352 g/mol. The molecule has 1 aromatic rings. The average Bonchev–Trinajstić information content (AvgIpc) is 2.93. The molecule has 6 heteroatoms. The molecule has 1 saturated heterocycles. The highest BCUT2D eigenvalue weighted by Gasteiger charge is 2.10. The van der Waals surface area contributed by atoms with Gasteiger partial charge in [-0.25, -0.2) is 4.98 Å². The molecule has 0 bridgehead atoms. The zero-order valence-corrected chi connectivity index (χ0v) is 15.1. The van der Waals surface area contributed by atoms with Crippen LogP contribution in [0.25, 0.3) is 0 Å². The van der Waals surface area contributed by atoms with Crippen molar-refractivity contribution in [3.63, 3.8) is 0 Å². The third-order valence-electron chi connectivity index (χ3n) is 3.33. The van der Waals surface area contributed by atoms with Crippen molar-refractivity contribution < 1.29 is 4.74 Å². The van der Waals surface area contributed by atoms with E-state index in [0.29, 0.717) is 0 Å². The SMILES string of the molecule is Cc1ccc(OCCCCCCN2CCSC2)nc1.Cl.Cl. The third kappa shape index (κ3) is 8.77. The minimum absolute atomic E-state index is 0. The second-order valence-corrected chi connectivity index (χ2v) is 6.17. The molecule has 3 nitrogen and oxygen atoms in total. The van der Waals surface area contributed by atoms with E-state index in [1.54, 1.807) is 0 Å². The second-order valence-electron chi connectivity index (χ2n) is 5.09. The standard InChI is InChI=1S/C15H24N2OS.2ClH/c1-14-6-7-15(16-12-14)18-10-5-3-2-4-8-17-9-11-19-13-17;;/h6-7,12H,2-5,8-11,13H2,1H3;2*1H. The summed E-state index contributed by atoms with van der Waals surface area (Å²) >= 11 is 2.05. The number of aromatic nitrogens is 1. The van der Waals surface area contributed by atoms with Crippen molar-refractivity contribution in [2.24, 2.45) is 0 Å². The van der Waals surface area contributed by atoms with E-state index < -0.39 is 0 Å². The Bertz CT molecular complexity index is 359. The summed E-state index contributed by atoms with van der Waals surface area (Å²) in [4.78, 5) is 6.79. The van der Waals surface area contributed by atoms with Crippen molar-refractivity contribution in [3.05, 3.63) is 23.9 Å². The maximum Gasteiger partial charge on any atom is 0.213 e. The summed E-state index contributed by atoms with van der Waals surface area (Å²) in [6.07, 6.45) is 6.87. The first-order chi connectivity index (χ1) is 9.34. The molecule has 0 saturated carbocycles. The molecule has 0 atom stereocenters. The lowest BCUT2D eigenvalue weighted by Crippen LogP contribution is -2.20. The maximum absolute atomic E-state index is 5.62. The first-order valence-electron chi connectivity index (χ1n) is 7.20. The molecule has 1 aliphatic rings. The van der Waals surface area contributed by atoms with E-state index in [2.05, 4.69) is 21.6 Å². The molecule has 2 heterocycles. The Morgan fingerprint density at radius 1 is 1.19 bits per heavy atom. The number of nitrogens with zero attached hydrogens (tertiary/aromatic N) is 2. The van der Waals surface area contributed by atoms with Crippen molar-refractivity contribution in [3.8, 4) is 5.88 Å². The lowest BCUT2D eigenvalue weighted by molar-refractivity contribution is 0.289. The third-order valence-corrected chi connectivity index (χ3v) is 4.35. The van der Waals surface area contributed by atoms with Crippen molar-refractivity contribution in [2.45, 2.75) is 32.6 Å². The van der Waals surface area contributed by atoms with E-state index in [4.69, 9.17) is 4.74 Å². The number of thioether (sulfide) groups is 1. The molecular weight excluding hydrogens is 327 g/mol. The highest BCUT2D eigenvalue weighted by molar-refractivity contribution is 7.99. The predicted octanol–water partition coefficient (Wildman–Crippen LogP) is 4.18. The van der Waals surface area contributed by atoms with Crippen LogP contribution in [-0.4, -0.2) is 41.2 Å². The van der Waals surface area contributed by atoms with Gasteiger partial charge in [-0.05, 0) is 31.9 Å². The molecule has 2 rings (SSSR count). The van der Waals surface area contributed by atoms with Crippen LogP contribution in [0.5, 0.6) is 5.88 Å². The topological polar surface area (TPSA) is 25.4 Å². The highest BCUT2D eigenvalue weighted by Crippen LogP contribution is 2.14. The molecule has 0 N–H and O–H groups in total. The first-order valence-corrected chi connectivity index (χ1v) is 8.35. The van der Waals surface area contributed by atoms with E-state index in [-0.39, 0.29) is 24.8 Å². The number of hydrogen-bond donors (Lipinski definition) is 0. The lowest BCUT2D eigenvalue weighted by atomic mass is 10.2. The molecule has 21 heavy (non-hydrogen) atoms. The molecule has 1 aromatic heterocycles. The first kappa shape index (κ1) is 20.8. The van der Waals surface area contributed by atoms with Gasteiger partial charge < -0.3 is 4.74 Å². The van der Waals surface area contributed by atoms with Crippen LogP contribution in [0.3, 0.4) is 0 Å². The zero-order chi connectivity index (χ0) is 13.3. The zero-order valence-electron chi connectivity index (χ0n) is 12.6. The van der Waals surface area contributed by atoms with Crippen LogP contribution >= 0.6 is 36.6 Å². The summed E-state index contributed by atoms with van der Waals surface area (Å²) in [5, 5.41) is 0. The molecule has 0 aliphatic carbocycles. The maximum atomic E-state index is 5.62. The van der Waals surface area contributed by atoms with E-state index in [9.17, 15) is 0 Å². The number of rotatable bonds is 8. The predicted molar refractivity (Wildman–Crippen MR) is 96.3 cm³/mol. The van der Waals surface area contributed by atoms with E-state index >= 15 is 0 Å². The molecule has 1 fully saturated rings. The summed E-state index contributed by atoms with van der Waals surface area (Å²) < 4.78 is 5.62. The fraction of sp³-hybridized carbons (Fsp3) is 0.667. The Hall–Kier alpha value is -0.160. The number of pyridine rings is 1. The van der Waals surface area contributed by atoms with Crippen molar-refractivity contribution in [1.29, 1.82) is 0 Å². The van der Waals surface area contributed by atoms with Crippen molar-refractivity contribution in [2.75, 3.05) is 31.3 Å². The fourth-order valence-electron chi connectivity index (χ4n) is 2.14. The average molecular weight is 353 g/mol. The van der Waals surface area contributed by atoms with Gasteiger partial charge in [0.25, 0.3) is 0 Å². The van der Waals surface area contributed by atoms with Gasteiger partial charge in [0, 0.05) is 30.4 Å². The normalized spacial score (nSPS) is 14.3. The minimum atomic E-state index is 0. The smallest absolute Gasteiger partial charge is 0.213 e. The van der Waals surface area contributed by atoms with Gasteiger partial charge in [-0.2, -0.15) is 0 Å². The van der Waals surface area contributed by atoms with Crippen molar-refractivity contribution in [1.82, 2.24) is 9.88 Å². The summed E-state index contributed by atoms with van der Waals surface area (Å²) in [7, 11) is 0. The van der Waals surface area contributed by atoms with Crippen LogP contribution in [0.2, 0.25) is 0 Å². The molecule has 0 radical (unpaired) electrons. The molecule has 0 amide bonds. The Balaban J connectivity index is 0.00000200. The van der Waals surface area contributed by atoms with Crippen LogP contribution in [0, 0.1) is 6.92 Å². The number of ether oxygens (including phenoxy) is 1. The van der Waals surface area contributed by atoms with Gasteiger partial charge in [-0.3, -0.25) is 4.90 Å². The van der Waals surface area contributed by atoms with Crippen LogP contribution < -0.4 is 4.74 Å². The quantitative estimate of drug-likeness (QED) is 0.655. The summed E-state index contributed by atoms with van der Waals surface area (Å²) in [6.45, 7) is 5.38. The number of halogens is 2. The minimum Gasteiger partial charge on any atom is -0.478 e. The number of unbranched alkanes of at least 4 members (excludes halogenated alkanes) is 3. The Kier molecular flexibility index (Phi) is 12.3. The summed E-state index contributed by atoms with van der Waals surface area (Å²) in [5.74, 6) is 3.30. The molecule has 0 aromatic carbocycles. The molecular formula is C15H26Cl2N2OS. The Morgan fingerprint density at radius 3 is 2.67 bits per heavy atom. The van der Waals surface area contributed by atoms with Crippen LogP contribution in [-0.2, 0) is 0 Å². The lowest BCUT2D eigenvalue weighted by Gasteiger charge is -2.12. The summed E-state index contributed by atoms with van der Waals surface area (Å²) in [5.41, 5.74) is 1.17. The van der Waals surface area contributed by atoms with Gasteiger partial charge in [-0.15, -0.1) is 36.6 Å². The van der Waals surface area contributed by atoms with Gasteiger partial charge in [0.1, 0.15) is 0 Å². The van der Waals surface area contributed by atoms with Gasteiger partial charge in [0.15, 0.2) is 0 Å². The number of aryl methyl sites for hydroxylation is 1. The van der Waals surface area contributed by atoms with Gasteiger partial charge >= 0.3 is 0 Å². The van der Waals surface area contributed by atoms with Crippen LogP contribution in [0.4, 0.5) is 0 Å². The summed E-state index contributed by atoms with van der Waals surface area (Å²) in [6, 6.07) is 3.98. The second kappa shape index (κ2) is 12.4. The molecule has 0 unspecified atom stereocenters. The fourth-order valence-corrected chi connectivity index (χ4v) is 3.17. The van der Waals surface area contributed by atoms with E-state index in [1.807, 2.05) is 25.3 Å². The molecule has 1 aliphatic heterocycles. The Morgan fingerprint density at radius 2 is 2.00 bits per heavy atom. The van der Waals surface area contributed by atoms with Crippen LogP contribution in [0.15, 0.2) is 18.3 Å². The van der Waals surface area contributed by atoms with Gasteiger partial charge in [0.2, 0.25) is 5.88 Å². The molecule has 122 valence electrons.